The van der Waals surface area contributed by atoms with E-state index in [-0.39, 0.29) is 0 Å². The van der Waals surface area contributed by atoms with Gasteiger partial charge in [0.25, 0.3) is 0 Å². The van der Waals surface area contributed by atoms with Gasteiger partial charge in [0.15, 0.2) is 0 Å². The molecule has 2 rings (SSSR count). The van der Waals surface area contributed by atoms with Gasteiger partial charge in [-0.15, -0.1) is 0 Å². The number of hydrogen-bond acceptors (Lipinski definition) is 2. The summed E-state index contributed by atoms with van der Waals surface area (Å²) in [6.45, 7) is 2.95. The van der Waals surface area contributed by atoms with Crippen molar-refractivity contribution in [3.05, 3.63) is 35.4 Å². The smallest absolute Gasteiger partial charge is 0.129 e. The van der Waals surface area contributed by atoms with E-state index < -0.39 is 11.6 Å². The van der Waals surface area contributed by atoms with Crippen LogP contribution >= 0.6 is 11.8 Å². The van der Waals surface area contributed by atoms with Gasteiger partial charge in [-0.3, -0.25) is 0 Å². The minimum atomic E-state index is -0.507. The fourth-order valence-corrected chi connectivity index (χ4v) is 3.80. The third kappa shape index (κ3) is 3.45. The first-order chi connectivity index (χ1) is 8.70. The van der Waals surface area contributed by atoms with Gasteiger partial charge in [-0.1, -0.05) is 13.0 Å². The van der Waals surface area contributed by atoms with Gasteiger partial charge in [0.05, 0.1) is 0 Å². The Morgan fingerprint density at radius 1 is 1.44 bits per heavy atom. The van der Waals surface area contributed by atoms with Crippen molar-refractivity contribution in [2.45, 2.75) is 25.8 Å². The van der Waals surface area contributed by atoms with E-state index in [1.165, 1.54) is 18.2 Å². The molecule has 0 spiro atoms. The highest BCUT2D eigenvalue weighted by Gasteiger charge is 2.25. The van der Waals surface area contributed by atoms with E-state index in [1.54, 1.807) is 6.07 Å². The van der Waals surface area contributed by atoms with Crippen LogP contribution < -0.4 is 5.32 Å². The molecular weight excluding hydrogens is 252 g/mol. The van der Waals surface area contributed by atoms with Crippen molar-refractivity contribution >= 4 is 11.8 Å². The van der Waals surface area contributed by atoms with Crippen LogP contribution in [-0.2, 0) is 6.42 Å². The summed E-state index contributed by atoms with van der Waals surface area (Å²) < 4.78 is 26.5. The summed E-state index contributed by atoms with van der Waals surface area (Å²) in [5, 5.41) is 3.44. The second-order valence-electron chi connectivity index (χ2n) is 4.73. The Labute approximate surface area is 111 Å². The molecule has 1 aromatic carbocycles. The molecule has 0 aliphatic carbocycles. The lowest BCUT2D eigenvalue weighted by Gasteiger charge is -2.24. The van der Waals surface area contributed by atoms with E-state index in [0.29, 0.717) is 23.9 Å². The zero-order valence-corrected chi connectivity index (χ0v) is 11.4. The average molecular weight is 271 g/mol. The van der Waals surface area contributed by atoms with Gasteiger partial charge in [0.2, 0.25) is 0 Å². The average Bonchev–Trinajstić information content (AvgIpc) is 2.85. The molecule has 1 nitrogen and oxygen atoms in total. The highest BCUT2D eigenvalue weighted by atomic mass is 32.2. The van der Waals surface area contributed by atoms with Crippen LogP contribution in [0, 0.1) is 17.6 Å². The van der Waals surface area contributed by atoms with Gasteiger partial charge in [-0.2, -0.15) is 11.8 Å². The van der Waals surface area contributed by atoms with E-state index in [2.05, 4.69) is 12.2 Å². The Hall–Kier alpha value is -0.610. The summed E-state index contributed by atoms with van der Waals surface area (Å²) in [5.41, 5.74) is 0.610. The number of benzene rings is 1. The van der Waals surface area contributed by atoms with E-state index in [4.69, 9.17) is 0 Å². The van der Waals surface area contributed by atoms with Crippen LogP contribution in [0.15, 0.2) is 18.2 Å². The van der Waals surface area contributed by atoms with Crippen LogP contribution in [0.4, 0.5) is 8.78 Å². The first-order valence-electron chi connectivity index (χ1n) is 6.45. The molecule has 1 saturated heterocycles. The maximum Gasteiger partial charge on any atom is 0.129 e. The summed E-state index contributed by atoms with van der Waals surface area (Å²) in [4.78, 5) is 0. The Morgan fingerprint density at radius 2 is 2.28 bits per heavy atom. The third-order valence-electron chi connectivity index (χ3n) is 3.46. The molecule has 0 radical (unpaired) electrons. The SMILES string of the molecule is CCNC(Cc1ccc(F)cc1F)C1CCSC1. The monoisotopic (exact) mass is 271 g/mol. The molecule has 0 aromatic heterocycles. The van der Waals surface area contributed by atoms with Crippen molar-refractivity contribution in [1.29, 1.82) is 0 Å². The number of likely N-dealkylation sites (N-methyl/N-ethyl adjacent to an activating group) is 1. The van der Waals surface area contributed by atoms with Crippen molar-refractivity contribution in [3.63, 3.8) is 0 Å². The van der Waals surface area contributed by atoms with E-state index in [9.17, 15) is 8.78 Å². The topological polar surface area (TPSA) is 12.0 Å². The van der Waals surface area contributed by atoms with Crippen molar-refractivity contribution < 1.29 is 8.78 Å². The fraction of sp³-hybridized carbons (Fsp3) is 0.571. The van der Waals surface area contributed by atoms with Crippen LogP contribution in [0.25, 0.3) is 0 Å². The summed E-state index contributed by atoms with van der Waals surface area (Å²) in [5.74, 6) is 1.99. The minimum absolute atomic E-state index is 0.296. The standard InChI is InChI=1S/C14H19F2NS/c1-2-17-14(11-5-6-18-9-11)7-10-3-4-12(15)8-13(10)16/h3-4,8,11,14,17H,2,5-7,9H2,1H3. The summed E-state index contributed by atoms with van der Waals surface area (Å²) in [7, 11) is 0. The molecule has 4 heteroatoms. The molecule has 1 aliphatic heterocycles. The summed E-state index contributed by atoms with van der Waals surface area (Å²) in [6, 6.07) is 4.17. The predicted molar refractivity (Wildman–Crippen MR) is 73.0 cm³/mol. The van der Waals surface area contributed by atoms with Crippen molar-refractivity contribution in [1.82, 2.24) is 5.32 Å². The number of hydrogen-bond donors (Lipinski definition) is 1. The molecule has 18 heavy (non-hydrogen) atoms. The van der Waals surface area contributed by atoms with Crippen LogP contribution in [-0.4, -0.2) is 24.1 Å². The third-order valence-corrected chi connectivity index (χ3v) is 4.64. The van der Waals surface area contributed by atoms with Gasteiger partial charge < -0.3 is 5.32 Å². The number of rotatable bonds is 5. The second kappa shape index (κ2) is 6.53. The molecule has 1 aliphatic rings. The molecule has 100 valence electrons. The molecule has 0 amide bonds. The molecule has 1 aromatic rings. The quantitative estimate of drug-likeness (QED) is 0.882. The second-order valence-corrected chi connectivity index (χ2v) is 5.88. The Balaban J connectivity index is 2.07. The van der Waals surface area contributed by atoms with Gasteiger partial charge in [0, 0.05) is 12.1 Å². The van der Waals surface area contributed by atoms with E-state index >= 15 is 0 Å². The van der Waals surface area contributed by atoms with Crippen LogP contribution in [0.5, 0.6) is 0 Å². The first-order valence-corrected chi connectivity index (χ1v) is 7.61. The van der Waals surface area contributed by atoms with E-state index in [1.807, 2.05) is 11.8 Å². The summed E-state index contributed by atoms with van der Waals surface area (Å²) in [6.07, 6.45) is 1.83. The maximum absolute atomic E-state index is 13.7. The number of nitrogens with one attached hydrogen (secondary N) is 1. The molecule has 2 atom stereocenters. The number of halogens is 2. The Bertz CT molecular complexity index is 391. The van der Waals surface area contributed by atoms with Gasteiger partial charge in [-0.25, -0.2) is 8.78 Å². The van der Waals surface area contributed by atoms with Gasteiger partial charge in [0.1, 0.15) is 11.6 Å². The Kier molecular flexibility index (Phi) is 5.01. The minimum Gasteiger partial charge on any atom is -0.314 e. The maximum atomic E-state index is 13.7. The fourth-order valence-electron chi connectivity index (χ4n) is 2.46. The van der Waals surface area contributed by atoms with Gasteiger partial charge in [-0.05, 0) is 48.4 Å². The normalized spacial score (nSPS) is 21.2. The lowest BCUT2D eigenvalue weighted by Crippen LogP contribution is -2.38. The molecule has 2 unspecified atom stereocenters. The predicted octanol–water partition coefficient (Wildman–Crippen LogP) is 3.24. The van der Waals surface area contributed by atoms with Crippen molar-refractivity contribution in [2.75, 3.05) is 18.1 Å². The van der Waals surface area contributed by atoms with Crippen LogP contribution in [0.2, 0.25) is 0 Å². The molecular formula is C14H19F2NS. The zero-order chi connectivity index (χ0) is 13.0. The highest BCUT2D eigenvalue weighted by molar-refractivity contribution is 7.99. The largest absolute Gasteiger partial charge is 0.314 e. The molecule has 1 heterocycles. The van der Waals surface area contributed by atoms with Crippen LogP contribution in [0.3, 0.4) is 0 Å². The van der Waals surface area contributed by atoms with Crippen molar-refractivity contribution in [2.24, 2.45) is 5.92 Å². The van der Waals surface area contributed by atoms with Crippen LogP contribution in [0.1, 0.15) is 18.9 Å². The molecule has 1 N–H and O–H groups in total. The molecule has 0 saturated carbocycles. The zero-order valence-electron chi connectivity index (χ0n) is 10.6. The highest BCUT2D eigenvalue weighted by Crippen LogP contribution is 2.28. The first kappa shape index (κ1) is 13.8. The van der Waals surface area contributed by atoms with Gasteiger partial charge >= 0.3 is 0 Å². The van der Waals surface area contributed by atoms with E-state index in [0.717, 1.165) is 18.4 Å². The Morgan fingerprint density at radius 3 is 2.89 bits per heavy atom. The lowest BCUT2D eigenvalue weighted by atomic mass is 9.92. The number of thioether (sulfide) groups is 1. The molecule has 1 fully saturated rings. The molecule has 0 bridgehead atoms. The van der Waals surface area contributed by atoms with Crippen molar-refractivity contribution in [3.8, 4) is 0 Å². The lowest BCUT2D eigenvalue weighted by molar-refractivity contribution is 0.382. The summed E-state index contributed by atoms with van der Waals surface area (Å²) >= 11 is 1.96.